The van der Waals surface area contributed by atoms with E-state index in [-0.39, 0.29) is 11.8 Å². The summed E-state index contributed by atoms with van der Waals surface area (Å²) in [5, 5.41) is 18.2. The summed E-state index contributed by atoms with van der Waals surface area (Å²) in [4.78, 5) is 26.5. The van der Waals surface area contributed by atoms with E-state index in [0.717, 1.165) is 58.3 Å². The minimum atomic E-state index is -0.681. The first-order chi connectivity index (χ1) is 10.1. The molecule has 6 heteroatoms. The third-order valence-electron chi connectivity index (χ3n) is 4.66. The molecule has 2 saturated heterocycles. The van der Waals surface area contributed by atoms with Gasteiger partial charge in [0, 0.05) is 13.1 Å². The number of rotatable bonds is 6. The first kappa shape index (κ1) is 16.2. The molecule has 0 spiro atoms. The fourth-order valence-corrected chi connectivity index (χ4v) is 3.44. The Kier molecular flexibility index (Phi) is 5.99. The predicted molar refractivity (Wildman–Crippen MR) is 78.2 cm³/mol. The lowest BCUT2D eigenvalue weighted by atomic mass is 9.97. The van der Waals surface area contributed by atoms with Crippen LogP contribution in [0, 0.1) is 11.8 Å². The van der Waals surface area contributed by atoms with E-state index in [1.54, 1.807) is 0 Å². The zero-order valence-electron chi connectivity index (χ0n) is 12.5. The van der Waals surface area contributed by atoms with Crippen LogP contribution in [0.25, 0.3) is 0 Å². The quantitative estimate of drug-likeness (QED) is 0.760. The van der Waals surface area contributed by atoms with Crippen molar-refractivity contribution in [1.29, 1.82) is 0 Å². The molecule has 2 aliphatic heterocycles. The molecular weight excluding hydrogens is 272 g/mol. The van der Waals surface area contributed by atoms with Crippen LogP contribution >= 0.6 is 0 Å². The summed E-state index contributed by atoms with van der Waals surface area (Å²) < 4.78 is 0. The molecule has 2 heterocycles. The molecule has 6 nitrogen and oxygen atoms in total. The van der Waals surface area contributed by atoms with Gasteiger partial charge in [0.25, 0.3) is 0 Å². The Morgan fingerprint density at radius 2 is 1.29 bits per heavy atom. The van der Waals surface area contributed by atoms with Gasteiger partial charge in [0.05, 0.1) is 11.8 Å². The molecule has 0 saturated carbocycles. The second kappa shape index (κ2) is 7.75. The van der Waals surface area contributed by atoms with Gasteiger partial charge in [0.1, 0.15) is 0 Å². The summed E-state index contributed by atoms with van der Waals surface area (Å²) in [5.74, 6) is -1.80. The molecule has 120 valence electrons. The molecule has 0 amide bonds. The smallest absolute Gasteiger partial charge is 0.307 e. The molecule has 2 atom stereocenters. The zero-order valence-corrected chi connectivity index (χ0v) is 12.5. The third kappa shape index (κ3) is 4.97. The Balaban J connectivity index is 1.67. The fourth-order valence-electron chi connectivity index (χ4n) is 3.44. The van der Waals surface area contributed by atoms with E-state index in [9.17, 15) is 9.59 Å². The lowest BCUT2D eigenvalue weighted by Crippen LogP contribution is -2.42. The summed E-state index contributed by atoms with van der Waals surface area (Å²) in [6.07, 6.45) is 4.48. The lowest BCUT2D eigenvalue weighted by molar-refractivity contribution is -0.144. The van der Waals surface area contributed by atoms with Crippen molar-refractivity contribution < 1.29 is 19.8 Å². The number of carboxylic acid groups (broad SMARTS) is 2. The molecule has 2 aliphatic rings. The number of hydrogen-bond donors (Lipinski definition) is 2. The van der Waals surface area contributed by atoms with E-state index < -0.39 is 11.9 Å². The number of nitrogens with zero attached hydrogens (tertiary/aromatic N) is 2. The molecule has 2 unspecified atom stereocenters. The molecular formula is C15H26N2O4. The lowest BCUT2D eigenvalue weighted by Gasteiger charge is -2.33. The van der Waals surface area contributed by atoms with Crippen LogP contribution in [-0.2, 0) is 9.59 Å². The number of aliphatic carboxylic acids is 2. The van der Waals surface area contributed by atoms with Crippen molar-refractivity contribution in [3.05, 3.63) is 0 Å². The molecule has 0 aliphatic carbocycles. The van der Waals surface area contributed by atoms with Crippen molar-refractivity contribution in [1.82, 2.24) is 9.80 Å². The van der Waals surface area contributed by atoms with Crippen molar-refractivity contribution in [2.75, 3.05) is 39.3 Å². The van der Waals surface area contributed by atoms with Gasteiger partial charge in [-0.15, -0.1) is 0 Å². The third-order valence-corrected chi connectivity index (χ3v) is 4.66. The highest BCUT2D eigenvalue weighted by Gasteiger charge is 2.26. The normalized spacial score (nSPS) is 28.4. The van der Waals surface area contributed by atoms with Gasteiger partial charge in [-0.25, -0.2) is 0 Å². The maximum absolute atomic E-state index is 11.0. The van der Waals surface area contributed by atoms with Gasteiger partial charge < -0.3 is 20.0 Å². The van der Waals surface area contributed by atoms with Crippen LogP contribution in [0.2, 0.25) is 0 Å². The molecule has 0 bridgehead atoms. The molecule has 2 fully saturated rings. The number of likely N-dealkylation sites (tertiary alicyclic amines) is 2. The Hall–Kier alpha value is -1.14. The number of carbonyl (C=O) groups is 2. The largest absolute Gasteiger partial charge is 0.481 e. The number of hydrogen-bond acceptors (Lipinski definition) is 4. The average Bonchev–Trinajstić information content (AvgIpc) is 2.48. The molecule has 0 radical (unpaired) electrons. The van der Waals surface area contributed by atoms with Crippen molar-refractivity contribution >= 4 is 11.9 Å². The monoisotopic (exact) mass is 298 g/mol. The second-order valence-electron chi connectivity index (χ2n) is 6.31. The van der Waals surface area contributed by atoms with Gasteiger partial charge in [0.2, 0.25) is 0 Å². The Morgan fingerprint density at radius 1 is 0.857 bits per heavy atom. The molecule has 0 aromatic rings. The molecule has 0 aromatic carbocycles. The van der Waals surface area contributed by atoms with Crippen molar-refractivity contribution in [2.45, 2.75) is 32.1 Å². The van der Waals surface area contributed by atoms with E-state index in [0.29, 0.717) is 13.1 Å². The van der Waals surface area contributed by atoms with Gasteiger partial charge in [-0.05, 0) is 58.3 Å². The van der Waals surface area contributed by atoms with E-state index >= 15 is 0 Å². The average molecular weight is 298 g/mol. The van der Waals surface area contributed by atoms with Gasteiger partial charge in [-0.1, -0.05) is 0 Å². The van der Waals surface area contributed by atoms with Crippen LogP contribution in [0.3, 0.4) is 0 Å². The Labute approximate surface area is 125 Å². The van der Waals surface area contributed by atoms with E-state index in [1.807, 2.05) is 0 Å². The van der Waals surface area contributed by atoms with Crippen LogP contribution in [0.1, 0.15) is 32.1 Å². The van der Waals surface area contributed by atoms with Gasteiger partial charge in [-0.2, -0.15) is 0 Å². The van der Waals surface area contributed by atoms with Crippen molar-refractivity contribution in [3.8, 4) is 0 Å². The standard InChI is InChI=1S/C15H26N2O4/c18-14(19)12-4-1-6-16(10-12)8-3-9-17-7-2-5-13(11-17)15(20)21/h12-13H,1-11H2,(H,18,19)(H,20,21). The second-order valence-corrected chi connectivity index (χ2v) is 6.31. The maximum atomic E-state index is 11.0. The molecule has 0 aromatic heterocycles. The minimum Gasteiger partial charge on any atom is -0.481 e. The minimum absolute atomic E-state index is 0.217. The summed E-state index contributed by atoms with van der Waals surface area (Å²) in [6.45, 7) is 5.12. The van der Waals surface area contributed by atoms with Crippen LogP contribution in [0.4, 0.5) is 0 Å². The Bertz CT molecular complexity index is 341. The highest BCUT2D eigenvalue weighted by molar-refractivity contribution is 5.70. The molecule has 21 heavy (non-hydrogen) atoms. The predicted octanol–water partition coefficient (Wildman–Crippen LogP) is 0.970. The van der Waals surface area contributed by atoms with Crippen LogP contribution in [-0.4, -0.2) is 71.2 Å². The van der Waals surface area contributed by atoms with Crippen LogP contribution in [0.15, 0.2) is 0 Å². The van der Waals surface area contributed by atoms with Crippen LogP contribution in [0.5, 0.6) is 0 Å². The summed E-state index contributed by atoms with van der Waals surface area (Å²) >= 11 is 0. The Morgan fingerprint density at radius 3 is 1.67 bits per heavy atom. The highest BCUT2D eigenvalue weighted by atomic mass is 16.4. The van der Waals surface area contributed by atoms with E-state index in [2.05, 4.69) is 9.80 Å². The van der Waals surface area contributed by atoms with Gasteiger partial charge in [-0.3, -0.25) is 9.59 Å². The summed E-state index contributed by atoms with van der Waals surface area (Å²) in [5.41, 5.74) is 0. The summed E-state index contributed by atoms with van der Waals surface area (Å²) in [7, 11) is 0. The SMILES string of the molecule is O=C(O)C1CCCN(CCCN2CCCC(C(=O)O)C2)C1. The van der Waals surface area contributed by atoms with Crippen molar-refractivity contribution in [3.63, 3.8) is 0 Å². The first-order valence-electron chi connectivity index (χ1n) is 7.96. The number of piperidine rings is 2. The van der Waals surface area contributed by atoms with Crippen LogP contribution < -0.4 is 0 Å². The van der Waals surface area contributed by atoms with Gasteiger partial charge in [0.15, 0.2) is 0 Å². The maximum Gasteiger partial charge on any atom is 0.307 e. The van der Waals surface area contributed by atoms with E-state index in [4.69, 9.17) is 10.2 Å². The summed E-state index contributed by atoms with van der Waals surface area (Å²) in [6, 6.07) is 0. The topological polar surface area (TPSA) is 81.1 Å². The molecule has 2 rings (SSSR count). The van der Waals surface area contributed by atoms with Crippen molar-refractivity contribution in [2.24, 2.45) is 11.8 Å². The highest BCUT2D eigenvalue weighted by Crippen LogP contribution is 2.18. The first-order valence-corrected chi connectivity index (χ1v) is 7.96. The number of carboxylic acids is 2. The van der Waals surface area contributed by atoms with Gasteiger partial charge >= 0.3 is 11.9 Å². The zero-order chi connectivity index (χ0) is 15.2. The van der Waals surface area contributed by atoms with E-state index in [1.165, 1.54) is 0 Å². The fraction of sp³-hybridized carbons (Fsp3) is 0.867. The molecule has 2 N–H and O–H groups in total.